The minimum Gasteiger partial charge on any atom is -0.431 e. The average molecular weight is 312 g/mol. The number of nitrogens with zero attached hydrogens (tertiary/aromatic N) is 2. The van der Waals surface area contributed by atoms with E-state index in [1.165, 1.54) is 11.8 Å². The van der Waals surface area contributed by atoms with Crippen LogP contribution < -0.4 is 0 Å². The molecule has 112 valence electrons. The number of hydrogen-bond acceptors (Lipinski definition) is 4. The second kappa shape index (κ2) is 6.23. The van der Waals surface area contributed by atoms with Crippen LogP contribution in [0.15, 0.2) is 64.2 Å². The van der Waals surface area contributed by atoms with Gasteiger partial charge < -0.3 is 9.32 Å². The lowest BCUT2D eigenvalue weighted by atomic mass is 10.1. The Balaban J connectivity index is 1.94. The number of carbonyl (C=O) groups excluding carboxylic acids is 1. The molecule has 0 bridgehead atoms. The summed E-state index contributed by atoms with van der Waals surface area (Å²) in [5, 5.41) is 0.134. The maximum absolute atomic E-state index is 12.5. The minimum atomic E-state index is -0.371. The van der Waals surface area contributed by atoms with Crippen molar-refractivity contribution in [2.45, 2.75) is 10.5 Å². The molecular formula is C17H16N2O2S. The highest BCUT2D eigenvalue weighted by molar-refractivity contribution is 8.00. The molecule has 1 amide bonds. The van der Waals surface area contributed by atoms with Crippen LogP contribution in [0.1, 0.15) is 10.8 Å². The zero-order chi connectivity index (χ0) is 15.5. The molecule has 0 radical (unpaired) electrons. The predicted octanol–water partition coefficient (Wildman–Crippen LogP) is 3.75. The van der Waals surface area contributed by atoms with E-state index < -0.39 is 0 Å². The van der Waals surface area contributed by atoms with Gasteiger partial charge in [-0.25, -0.2) is 4.98 Å². The fourth-order valence-corrected chi connectivity index (χ4v) is 3.22. The van der Waals surface area contributed by atoms with Crippen LogP contribution in [-0.2, 0) is 4.79 Å². The Labute approximate surface area is 133 Å². The molecule has 0 saturated heterocycles. The van der Waals surface area contributed by atoms with E-state index >= 15 is 0 Å². The van der Waals surface area contributed by atoms with Crippen LogP contribution in [0.2, 0.25) is 0 Å². The maximum atomic E-state index is 12.5. The molecule has 5 heteroatoms. The lowest BCUT2D eigenvalue weighted by molar-refractivity contribution is -0.128. The van der Waals surface area contributed by atoms with Crippen LogP contribution in [0.3, 0.4) is 0 Å². The molecule has 3 aromatic rings. The van der Waals surface area contributed by atoms with Crippen LogP contribution in [0.4, 0.5) is 0 Å². The Bertz CT molecular complexity index is 750. The average Bonchev–Trinajstić information content (AvgIpc) is 2.95. The van der Waals surface area contributed by atoms with Gasteiger partial charge in [-0.15, -0.1) is 0 Å². The standard InChI is InChI=1S/C17H16N2O2S/c1-19(2)16(20)15(12-8-4-3-5-9-12)22-17-18-13-10-6-7-11-14(13)21-17/h3-11,15H,1-2H3/t15-/m0/s1. The minimum absolute atomic E-state index is 0.0125. The number of carbonyl (C=O) groups is 1. The Morgan fingerprint density at radius 2 is 1.77 bits per heavy atom. The highest BCUT2D eigenvalue weighted by Crippen LogP contribution is 2.37. The largest absolute Gasteiger partial charge is 0.431 e. The van der Waals surface area contributed by atoms with E-state index in [4.69, 9.17) is 4.42 Å². The molecule has 0 spiro atoms. The summed E-state index contributed by atoms with van der Waals surface area (Å²) < 4.78 is 5.73. The molecule has 22 heavy (non-hydrogen) atoms. The highest BCUT2D eigenvalue weighted by atomic mass is 32.2. The monoisotopic (exact) mass is 312 g/mol. The Hall–Kier alpha value is -2.27. The second-order valence-electron chi connectivity index (χ2n) is 5.09. The van der Waals surface area contributed by atoms with Crippen LogP contribution in [0, 0.1) is 0 Å². The van der Waals surface area contributed by atoms with Gasteiger partial charge in [0.15, 0.2) is 5.58 Å². The van der Waals surface area contributed by atoms with Crippen molar-refractivity contribution in [1.29, 1.82) is 0 Å². The van der Waals surface area contributed by atoms with Crippen LogP contribution in [-0.4, -0.2) is 29.9 Å². The second-order valence-corrected chi connectivity index (χ2v) is 6.15. The van der Waals surface area contributed by atoms with Gasteiger partial charge in [-0.05, 0) is 29.5 Å². The zero-order valence-corrected chi connectivity index (χ0v) is 13.2. The van der Waals surface area contributed by atoms with E-state index in [1.807, 2.05) is 54.6 Å². The zero-order valence-electron chi connectivity index (χ0n) is 12.4. The fraction of sp³-hybridized carbons (Fsp3) is 0.176. The SMILES string of the molecule is CN(C)C(=O)[C@@H](Sc1nc2ccccc2o1)c1ccccc1. The van der Waals surface area contributed by atoms with Crippen molar-refractivity contribution >= 4 is 28.8 Å². The summed E-state index contributed by atoms with van der Waals surface area (Å²) in [5.74, 6) is 0.0125. The molecule has 2 aromatic carbocycles. The Kier molecular flexibility index (Phi) is 4.15. The number of rotatable bonds is 4. The lowest BCUT2D eigenvalue weighted by Gasteiger charge is -2.19. The third kappa shape index (κ3) is 2.99. The van der Waals surface area contributed by atoms with Gasteiger partial charge in [-0.2, -0.15) is 0 Å². The quantitative estimate of drug-likeness (QED) is 0.688. The smallest absolute Gasteiger partial charge is 0.257 e. The third-order valence-corrected chi connectivity index (χ3v) is 4.35. The molecule has 0 aliphatic rings. The molecular weight excluding hydrogens is 296 g/mol. The van der Waals surface area contributed by atoms with Crippen LogP contribution in [0.5, 0.6) is 0 Å². The normalized spacial score (nSPS) is 12.3. The lowest BCUT2D eigenvalue weighted by Crippen LogP contribution is -2.26. The fourth-order valence-electron chi connectivity index (χ4n) is 2.13. The predicted molar refractivity (Wildman–Crippen MR) is 87.7 cm³/mol. The van der Waals surface area contributed by atoms with Crippen molar-refractivity contribution in [3.8, 4) is 0 Å². The van der Waals surface area contributed by atoms with Gasteiger partial charge in [-0.1, -0.05) is 42.5 Å². The number of thioether (sulfide) groups is 1. The summed E-state index contributed by atoms with van der Waals surface area (Å²) in [5.41, 5.74) is 2.47. The van der Waals surface area contributed by atoms with Gasteiger partial charge in [0.05, 0.1) is 0 Å². The molecule has 0 saturated carbocycles. The number of hydrogen-bond donors (Lipinski definition) is 0. The van der Waals surface area contributed by atoms with Gasteiger partial charge in [0.25, 0.3) is 5.22 Å². The van der Waals surface area contributed by atoms with E-state index in [0.717, 1.165) is 16.7 Å². The molecule has 0 fully saturated rings. The number of aromatic nitrogens is 1. The maximum Gasteiger partial charge on any atom is 0.257 e. The number of fused-ring (bicyclic) bond motifs is 1. The number of benzene rings is 2. The number of oxazole rings is 1. The van der Waals surface area contributed by atoms with Gasteiger partial charge in [0.1, 0.15) is 10.8 Å². The first-order chi connectivity index (χ1) is 10.6. The van der Waals surface area contributed by atoms with Crippen molar-refractivity contribution in [2.75, 3.05) is 14.1 Å². The summed E-state index contributed by atoms with van der Waals surface area (Å²) in [6.07, 6.45) is 0. The molecule has 1 aromatic heterocycles. The number of amides is 1. The molecule has 1 heterocycles. The van der Waals surface area contributed by atoms with Gasteiger partial charge in [-0.3, -0.25) is 4.79 Å². The van der Waals surface area contributed by atoms with Crippen molar-refractivity contribution in [1.82, 2.24) is 9.88 Å². The Morgan fingerprint density at radius 1 is 1.09 bits per heavy atom. The summed E-state index contributed by atoms with van der Waals surface area (Å²) in [4.78, 5) is 18.5. The summed E-state index contributed by atoms with van der Waals surface area (Å²) in [6, 6.07) is 17.3. The van der Waals surface area contributed by atoms with E-state index in [-0.39, 0.29) is 11.2 Å². The van der Waals surface area contributed by atoms with Crippen LogP contribution >= 0.6 is 11.8 Å². The van der Waals surface area contributed by atoms with E-state index in [1.54, 1.807) is 19.0 Å². The molecule has 0 N–H and O–H groups in total. The first-order valence-corrected chi connectivity index (χ1v) is 7.81. The molecule has 4 nitrogen and oxygen atoms in total. The van der Waals surface area contributed by atoms with Crippen molar-refractivity contribution < 1.29 is 9.21 Å². The molecule has 0 unspecified atom stereocenters. The Morgan fingerprint density at radius 3 is 2.45 bits per heavy atom. The van der Waals surface area contributed by atoms with Crippen molar-refractivity contribution in [2.24, 2.45) is 0 Å². The first kappa shape index (κ1) is 14.7. The number of likely N-dealkylation sites (N-methyl/N-ethyl adjacent to an activating group) is 1. The summed E-state index contributed by atoms with van der Waals surface area (Å²) in [6.45, 7) is 0. The third-order valence-electron chi connectivity index (χ3n) is 3.26. The van der Waals surface area contributed by atoms with Gasteiger partial charge >= 0.3 is 0 Å². The number of para-hydroxylation sites is 2. The molecule has 1 atom stereocenters. The topological polar surface area (TPSA) is 46.3 Å². The van der Waals surface area contributed by atoms with E-state index in [0.29, 0.717) is 5.22 Å². The summed E-state index contributed by atoms with van der Waals surface area (Å²) in [7, 11) is 3.51. The van der Waals surface area contributed by atoms with E-state index in [2.05, 4.69) is 4.98 Å². The van der Waals surface area contributed by atoms with Gasteiger partial charge in [0, 0.05) is 14.1 Å². The molecule has 3 rings (SSSR count). The summed E-state index contributed by atoms with van der Waals surface area (Å²) >= 11 is 1.33. The van der Waals surface area contributed by atoms with E-state index in [9.17, 15) is 4.79 Å². The van der Waals surface area contributed by atoms with Crippen molar-refractivity contribution in [3.05, 3.63) is 60.2 Å². The highest BCUT2D eigenvalue weighted by Gasteiger charge is 2.25. The molecule has 0 aliphatic heterocycles. The molecule has 0 aliphatic carbocycles. The van der Waals surface area contributed by atoms with Crippen molar-refractivity contribution in [3.63, 3.8) is 0 Å². The van der Waals surface area contributed by atoms with Crippen LogP contribution in [0.25, 0.3) is 11.1 Å². The first-order valence-electron chi connectivity index (χ1n) is 6.93. The van der Waals surface area contributed by atoms with Gasteiger partial charge in [0.2, 0.25) is 5.91 Å².